The van der Waals surface area contributed by atoms with Crippen molar-refractivity contribution in [1.29, 1.82) is 0 Å². The van der Waals surface area contributed by atoms with Gasteiger partial charge in [0.05, 0.1) is 0 Å². The second kappa shape index (κ2) is 6.34. The molecule has 1 atom stereocenters. The molecule has 0 aliphatic rings. The molecule has 0 aliphatic carbocycles. The third-order valence-electron chi connectivity index (χ3n) is 3.23. The largest absolute Gasteiger partial charge is 0.396 e. The summed E-state index contributed by atoms with van der Waals surface area (Å²) in [4.78, 5) is 26.5. The van der Waals surface area contributed by atoms with Crippen LogP contribution in [0.4, 0.5) is 0 Å². The van der Waals surface area contributed by atoms with Gasteiger partial charge in [-0.3, -0.25) is 9.59 Å². The first-order valence-corrected chi connectivity index (χ1v) is 6.63. The standard InChI is InChI=1S/C15H18N2O3/c1-10(6-7-18)9-16-15(20)13-8-11-4-2-3-5-12(11)14(19)17-13/h2-5,8,10,18H,6-7,9H2,1H3,(H,16,20)(H,17,19). The lowest BCUT2D eigenvalue weighted by molar-refractivity contribution is 0.0940. The lowest BCUT2D eigenvalue weighted by Crippen LogP contribution is -2.30. The quantitative estimate of drug-likeness (QED) is 0.768. The highest BCUT2D eigenvalue weighted by Gasteiger charge is 2.10. The molecule has 1 aromatic carbocycles. The molecule has 1 unspecified atom stereocenters. The SMILES string of the molecule is CC(CCO)CNC(=O)c1cc2ccccc2c(=O)[nH]1. The predicted molar refractivity (Wildman–Crippen MR) is 77.8 cm³/mol. The molecule has 0 saturated heterocycles. The summed E-state index contributed by atoms with van der Waals surface area (Å²) >= 11 is 0. The van der Waals surface area contributed by atoms with E-state index < -0.39 is 0 Å². The van der Waals surface area contributed by atoms with Crippen molar-refractivity contribution >= 4 is 16.7 Å². The molecule has 5 nitrogen and oxygen atoms in total. The Hall–Kier alpha value is -2.14. The van der Waals surface area contributed by atoms with Gasteiger partial charge in [-0.2, -0.15) is 0 Å². The number of rotatable bonds is 5. The maximum atomic E-state index is 12.0. The molecule has 1 heterocycles. The van der Waals surface area contributed by atoms with Crippen LogP contribution in [0.1, 0.15) is 23.8 Å². The fourth-order valence-electron chi connectivity index (χ4n) is 2.02. The number of aliphatic hydroxyl groups is 1. The fraction of sp³-hybridized carbons (Fsp3) is 0.333. The summed E-state index contributed by atoms with van der Waals surface area (Å²) in [6.45, 7) is 2.51. The number of fused-ring (bicyclic) bond motifs is 1. The molecule has 5 heteroatoms. The van der Waals surface area contributed by atoms with Gasteiger partial charge in [-0.25, -0.2) is 0 Å². The Labute approximate surface area is 116 Å². The monoisotopic (exact) mass is 274 g/mol. The molecule has 2 aromatic rings. The Morgan fingerprint density at radius 2 is 2.15 bits per heavy atom. The maximum Gasteiger partial charge on any atom is 0.267 e. The van der Waals surface area contributed by atoms with Gasteiger partial charge in [0.2, 0.25) is 0 Å². The molecule has 0 bridgehead atoms. The number of pyridine rings is 1. The zero-order valence-corrected chi connectivity index (χ0v) is 11.3. The second-order valence-electron chi connectivity index (χ2n) is 4.93. The molecule has 1 amide bonds. The zero-order chi connectivity index (χ0) is 14.5. The highest BCUT2D eigenvalue weighted by molar-refractivity contribution is 5.96. The van der Waals surface area contributed by atoms with Gasteiger partial charge in [0.25, 0.3) is 11.5 Å². The predicted octanol–water partition coefficient (Wildman–Crippen LogP) is 1.28. The van der Waals surface area contributed by atoms with E-state index in [0.29, 0.717) is 18.4 Å². The molecule has 0 spiro atoms. The van der Waals surface area contributed by atoms with Gasteiger partial charge in [-0.1, -0.05) is 25.1 Å². The lowest BCUT2D eigenvalue weighted by Gasteiger charge is -2.11. The van der Waals surface area contributed by atoms with Gasteiger partial charge in [0, 0.05) is 18.5 Å². The van der Waals surface area contributed by atoms with Crippen LogP contribution in [0.25, 0.3) is 10.8 Å². The summed E-state index contributed by atoms with van der Waals surface area (Å²) < 4.78 is 0. The molecule has 0 saturated carbocycles. The summed E-state index contributed by atoms with van der Waals surface area (Å²) in [7, 11) is 0. The van der Waals surface area contributed by atoms with E-state index in [-0.39, 0.29) is 29.7 Å². The van der Waals surface area contributed by atoms with Gasteiger partial charge in [0.15, 0.2) is 0 Å². The molecule has 0 fully saturated rings. The molecular formula is C15H18N2O3. The van der Waals surface area contributed by atoms with Gasteiger partial charge >= 0.3 is 0 Å². The van der Waals surface area contributed by atoms with E-state index in [1.165, 1.54) is 0 Å². The molecule has 1 aromatic heterocycles. The van der Waals surface area contributed by atoms with Crippen molar-refractivity contribution in [3.63, 3.8) is 0 Å². The van der Waals surface area contributed by atoms with Crippen LogP contribution in [0.3, 0.4) is 0 Å². The van der Waals surface area contributed by atoms with Crippen molar-refractivity contribution in [2.45, 2.75) is 13.3 Å². The van der Waals surface area contributed by atoms with Crippen LogP contribution in [-0.4, -0.2) is 29.1 Å². The minimum atomic E-state index is -0.308. The van der Waals surface area contributed by atoms with E-state index in [4.69, 9.17) is 5.11 Å². The molecular weight excluding hydrogens is 256 g/mol. The van der Waals surface area contributed by atoms with Crippen LogP contribution < -0.4 is 10.9 Å². The number of carbonyl (C=O) groups is 1. The zero-order valence-electron chi connectivity index (χ0n) is 11.3. The number of hydrogen-bond acceptors (Lipinski definition) is 3. The Bertz CT molecular complexity index is 663. The Morgan fingerprint density at radius 1 is 1.40 bits per heavy atom. The van der Waals surface area contributed by atoms with E-state index in [0.717, 1.165) is 5.39 Å². The Kier molecular flexibility index (Phi) is 4.53. The molecule has 2 rings (SSSR count). The van der Waals surface area contributed by atoms with Crippen molar-refractivity contribution < 1.29 is 9.90 Å². The fourth-order valence-corrected chi connectivity index (χ4v) is 2.02. The van der Waals surface area contributed by atoms with Crippen molar-refractivity contribution in [3.05, 3.63) is 46.4 Å². The topological polar surface area (TPSA) is 82.2 Å². The van der Waals surface area contributed by atoms with Gasteiger partial charge in [0.1, 0.15) is 5.69 Å². The van der Waals surface area contributed by atoms with Crippen LogP contribution in [0.2, 0.25) is 0 Å². The third-order valence-corrected chi connectivity index (χ3v) is 3.23. The Morgan fingerprint density at radius 3 is 2.90 bits per heavy atom. The van der Waals surface area contributed by atoms with Crippen molar-refractivity contribution in [3.8, 4) is 0 Å². The van der Waals surface area contributed by atoms with Gasteiger partial charge in [-0.15, -0.1) is 0 Å². The minimum Gasteiger partial charge on any atom is -0.396 e. The number of carbonyl (C=O) groups excluding carboxylic acids is 1. The van der Waals surface area contributed by atoms with Gasteiger partial charge < -0.3 is 15.4 Å². The smallest absolute Gasteiger partial charge is 0.267 e. The summed E-state index contributed by atoms with van der Waals surface area (Å²) in [6.07, 6.45) is 0.633. The molecule has 3 N–H and O–H groups in total. The van der Waals surface area contributed by atoms with Crippen molar-refractivity contribution in [2.24, 2.45) is 5.92 Å². The van der Waals surface area contributed by atoms with E-state index in [1.807, 2.05) is 13.0 Å². The van der Waals surface area contributed by atoms with E-state index in [1.54, 1.807) is 24.3 Å². The van der Waals surface area contributed by atoms with Crippen LogP contribution in [-0.2, 0) is 0 Å². The number of aliphatic hydroxyl groups excluding tert-OH is 1. The number of amides is 1. The highest BCUT2D eigenvalue weighted by atomic mass is 16.3. The van der Waals surface area contributed by atoms with E-state index in [9.17, 15) is 9.59 Å². The molecule has 0 radical (unpaired) electrons. The first kappa shape index (κ1) is 14.3. The summed E-state index contributed by atoms with van der Waals surface area (Å²) in [6, 6.07) is 8.80. The number of aromatic nitrogens is 1. The molecule has 20 heavy (non-hydrogen) atoms. The summed E-state index contributed by atoms with van der Waals surface area (Å²) in [5.74, 6) is -0.117. The van der Waals surface area contributed by atoms with Crippen molar-refractivity contribution in [1.82, 2.24) is 10.3 Å². The van der Waals surface area contributed by atoms with Crippen LogP contribution in [0.15, 0.2) is 35.1 Å². The molecule has 106 valence electrons. The average molecular weight is 274 g/mol. The van der Waals surface area contributed by atoms with Gasteiger partial charge in [-0.05, 0) is 29.9 Å². The second-order valence-corrected chi connectivity index (χ2v) is 4.93. The minimum absolute atomic E-state index is 0.101. The summed E-state index contributed by atoms with van der Waals surface area (Å²) in [5.41, 5.74) is -0.0124. The number of nitrogens with one attached hydrogen (secondary N) is 2. The number of hydrogen-bond donors (Lipinski definition) is 3. The van der Waals surface area contributed by atoms with Crippen molar-refractivity contribution in [2.75, 3.05) is 13.2 Å². The average Bonchev–Trinajstić information content (AvgIpc) is 2.45. The molecule has 0 aliphatic heterocycles. The number of aromatic amines is 1. The third kappa shape index (κ3) is 3.24. The lowest BCUT2D eigenvalue weighted by atomic mass is 10.1. The first-order chi connectivity index (χ1) is 9.61. The normalized spacial score (nSPS) is 12.3. The van der Waals surface area contributed by atoms with Crippen LogP contribution >= 0.6 is 0 Å². The van der Waals surface area contributed by atoms with Crippen LogP contribution in [0.5, 0.6) is 0 Å². The van der Waals surface area contributed by atoms with E-state index in [2.05, 4.69) is 10.3 Å². The first-order valence-electron chi connectivity index (χ1n) is 6.63. The Balaban J connectivity index is 2.16. The summed E-state index contributed by atoms with van der Waals surface area (Å²) in [5, 5.41) is 12.9. The number of benzene rings is 1. The van der Waals surface area contributed by atoms with E-state index >= 15 is 0 Å². The van der Waals surface area contributed by atoms with Crippen LogP contribution in [0, 0.1) is 5.92 Å². The number of H-pyrrole nitrogens is 1. The highest BCUT2D eigenvalue weighted by Crippen LogP contribution is 2.09. The maximum absolute atomic E-state index is 12.0.